The summed E-state index contributed by atoms with van der Waals surface area (Å²) in [6.07, 6.45) is 6.26. The van der Waals surface area contributed by atoms with Gasteiger partial charge in [-0.25, -0.2) is 0 Å². The zero-order valence-electron chi connectivity index (χ0n) is 9.54. The molecule has 2 heterocycles. The molecule has 2 aromatic heterocycles. The lowest BCUT2D eigenvalue weighted by molar-refractivity contribution is 0.353. The molecular weight excluding hydrogens is 236 g/mol. The van der Waals surface area contributed by atoms with Crippen LogP contribution in [0, 0.1) is 0 Å². The molecule has 0 radical (unpaired) electrons. The molecule has 0 bridgehead atoms. The van der Waals surface area contributed by atoms with Crippen molar-refractivity contribution >= 4 is 11.8 Å². The Balaban J connectivity index is 2.11. The molecule has 0 fully saturated rings. The molecule has 0 spiro atoms. The van der Waals surface area contributed by atoms with Crippen molar-refractivity contribution in [1.82, 2.24) is 15.1 Å². The van der Waals surface area contributed by atoms with Gasteiger partial charge in [-0.15, -0.1) is 0 Å². The molecule has 0 unspecified atom stereocenters. The molecule has 90 valence electrons. The first-order chi connectivity index (χ1) is 8.31. The maximum Gasteiger partial charge on any atom is 0.243 e. The largest absolute Gasteiger partial charge is 0.337 e. The minimum Gasteiger partial charge on any atom is -0.337 e. The Labute approximate surface area is 104 Å². The van der Waals surface area contributed by atoms with Gasteiger partial charge in [0.15, 0.2) is 0 Å². The van der Waals surface area contributed by atoms with Crippen molar-refractivity contribution in [2.24, 2.45) is 5.73 Å². The van der Waals surface area contributed by atoms with Gasteiger partial charge in [0, 0.05) is 18.0 Å². The van der Waals surface area contributed by atoms with E-state index in [1.54, 1.807) is 24.2 Å². The van der Waals surface area contributed by atoms with E-state index in [9.17, 15) is 0 Å². The molecule has 17 heavy (non-hydrogen) atoms. The molecule has 0 saturated carbocycles. The van der Waals surface area contributed by atoms with E-state index < -0.39 is 0 Å². The fourth-order valence-electron chi connectivity index (χ4n) is 1.37. The van der Waals surface area contributed by atoms with Crippen molar-refractivity contribution in [1.29, 1.82) is 0 Å². The van der Waals surface area contributed by atoms with Crippen molar-refractivity contribution < 1.29 is 4.52 Å². The van der Waals surface area contributed by atoms with Crippen LogP contribution in [0.4, 0.5) is 0 Å². The number of nitrogens with zero attached hydrogens (tertiary/aromatic N) is 3. The fourth-order valence-corrected chi connectivity index (χ4v) is 1.86. The smallest absolute Gasteiger partial charge is 0.243 e. The van der Waals surface area contributed by atoms with Crippen molar-refractivity contribution in [3.63, 3.8) is 0 Å². The van der Waals surface area contributed by atoms with Crippen LogP contribution in [0.3, 0.4) is 0 Å². The van der Waals surface area contributed by atoms with Gasteiger partial charge < -0.3 is 10.3 Å². The van der Waals surface area contributed by atoms with E-state index in [2.05, 4.69) is 15.1 Å². The van der Waals surface area contributed by atoms with Gasteiger partial charge in [0.2, 0.25) is 11.7 Å². The van der Waals surface area contributed by atoms with E-state index in [0.29, 0.717) is 11.7 Å². The number of aromatic nitrogens is 3. The van der Waals surface area contributed by atoms with Crippen LogP contribution in [0.15, 0.2) is 29.0 Å². The van der Waals surface area contributed by atoms with Crippen molar-refractivity contribution in [3.05, 3.63) is 30.4 Å². The lowest BCUT2D eigenvalue weighted by Gasteiger charge is -2.03. The summed E-state index contributed by atoms with van der Waals surface area (Å²) in [6, 6.07) is 3.48. The van der Waals surface area contributed by atoms with E-state index in [1.165, 1.54) is 0 Å². The van der Waals surface area contributed by atoms with Gasteiger partial charge in [-0.2, -0.15) is 16.7 Å². The summed E-state index contributed by atoms with van der Waals surface area (Å²) in [5.41, 5.74) is 6.83. The van der Waals surface area contributed by atoms with Gasteiger partial charge in [0.1, 0.15) is 0 Å². The minimum atomic E-state index is -0.189. The van der Waals surface area contributed by atoms with Gasteiger partial charge in [0.05, 0.1) is 6.04 Å². The van der Waals surface area contributed by atoms with E-state index in [4.69, 9.17) is 10.3 Å². The zero-order valence-corrected chi connectivity index (χ0v) is 10.4. The molecule has 0 aliphatic carbocycles. The van der Waals surface area contributed by atoms with Crippen molar-refractivity contribution in [2.75, 3.05) is 12.0 Å². The molecule has 0 aliphatic heterocycles. The van der Waals surface area contributed by atoms with Crippen LogP contribution < -0.4 is 5.73 Å². The highest BCUT2D eigenvalue weighted by Crippen LogP contribution is 2.19. The average Bonchev–Trinajstić information content (AvgIpc) is 2.86. The van der Waals surface area contributed by atoms with Gasteiger partial charge >= 0.3 is 0 Å². The summed E-state index contributed by atoms with van der Waals surface area (Å²) < 4.78 is 5.16. The van der Waals surface area contributed by atoms with E-state index in [1.807, 2.05) is 18.4 Å². The molecule has 2 rings (SSSR count). The van der Waals surface area contributed by atoms with Crippen LogP contribution in [0.1, 0.15) is 18.4 Å². The van der Waals surface area contributed by atoms with Gasteiger partial charge in [-0.05, 0) is 30.6 Å². The van der Waals surface area contributed by atoms with Crippen LogP contribution in [0.25, 0.3) is 11.4 Å². The Morgan fingerprint density at radius 1 is 1.41 bits per heavy atom. The summed E-state index contributed by atoms with van der Waals surface area (Å²) in [5.74, 6) is 2.03. The van der Waals surface area contributed by atoms with E-state index in [-0.39, 0.29) is 6.04 Å². The second kappa shape index (κ2) is 5.79. The lowest BCUT2D eigenvalue weighted by atomic mass is 10.2. The highest BCUT2D eigenvalue weighted by molar-refractivity contribution is 7.98. The van der Waals surface area contributed by atoms with Gasteiger partial charge in [-0.3, -0.25) is 4.98 Å². The second-order valence-electron chi connectivity index (χ2n) is 3.58. The Kier molecular flexibility index (Phi) is 4.11. The molecular formula is C11H14N4OS. The van der Waals surface area contributed by atoms with Crippen LogP contribution in [0.2, 0.25) is 0 Å². The summed E-state index contributed by atoms with van der Waals surface area (Å²) >= 11 is 1.75. The van der Waals surface area contributed by atoms with E-state index in [0.717, 1.165) is 17.7 Å². The number of nitrogens with two attached hydrogens (primary N) is 1. The minimum absolute atomic E-state index is 0.189. The molecule has 6 heteroatoms. The van der Waals surface area contributed by atoms with Crippen LogP contribution in [-0.4, -0.2) is 27.1 Å². The maximum atomic E-state index is 5.95. The zero-order chi connectivity index (χ0) is 12.1. The Morgan fingerprint density at radius 2 is 2.18 bits per heavy atom. The SMILES string of the molecule is CSCC[C@H](N)c1nc(-c2ccncc2)no1. The Hall–Kier alpha value is -1.40. The fraction of sp³-hybridized carbons (Fsp3) is 0.364. The molecule has 0 aromatic carbocycles. The molecule has 1 atom stereocenters. The van der Waals surface area contributed by atoms with Gasteiger partial charge in [-0.1, -0.05) is 5.16 Å². The molecule has 5 nitrogen and oxygen atoms in total. The summed E-state index contributed by atoms with van der Waals surface area (Å²) in [7, 11) is 0. The third-order valence-corrected chi connectivity index (χ3v) is 2.97. The molecule has 0 amide bonds. The standard InChI is InChI=1S/C11H14N4OS/c1-17-7-4-9(12)11-14-10(15-16-11)8-2-5-13-6-3-8/h2-3,5-6,9H,4,7,12H2,1H3/t9-/m0/s1. The monoisotopic (exact) mass is 250 g/mol. The number of pyridine rings is 1. The number of rotatable bonds is 5. The lowest BCUT2D eigenvalue weighted by Crippen LogP contribution is -2.11. The number of thioether (sulfide) groups is 1. The molecule has 0 saturated heterocycles. The second-order valence-corrected chi connectivity index (χ2v) is 4.57. The molecule has 2 aromatic rings. The third kappa shape index (κ3) is 3.04. The molecule has 2 N–H and O–H groups in total. The summed E-state index contributed by atoms with van der Waals surface area (Å²) in [4.78, 5) is 8.23. The van der Waals surface area contributed by atoms with Crippen molar-refractivity contribution in [2.45, 2.75) is 12.5 Å². The average molecular weight is 250 g/mol. The third-order valence-electron chi connectivity index (χ3n) is 2.33. The quantitative estimate of drug-likeness (QED) is 0.873. The first-order valence-corrected chi connectivity index (χ1v) is 6.69. The first-order valence-electron chi connectivity index (χ1n) is 5.30. The first kappa shape index (κ1) is 12.1. The highest BCUT2D eigenvalue weighted by atomic mass is 32.2. The van der Waals surface area contributed by atoms with E-state index >= 15 is 0 Å². The van der Waals surface area contributed by atoms with Crippen LogP contribution in [-0.2, 0) is 0 Å². The normalized spacial score (nSPS) is 12.6. The maximum absolute atomic E-state index is 5.95. The summed E-state index contributed by atoms with van der Waals surface area (Å²) in [5, 5.41) is 3.91. The number of hydrogen-bond acceptors (Lipinski definition) is 6. The highest BCUT2D eigenvalue weighted by Gasteiger charge is 2.15. The Bertz CT molecular complexity index is 460. The topological polar surface area (TPSA) is 77.8 Å². The predicted octanol–water partition coefficient (Wildman–Crippen LogP) is 1.88. The van der Waals surface area contributed by atoms with Crippen LogP contribution in [0.5, 0.6) is 0 Å². The predicted molar refractivity (Wildman–Crippen MR) is 67.5 cm³/mol. The van der Waals surface area contributed by atoms with Crippen molar-refractivity contribution in [3.8, 4) is 11.4 Å². The number of hydrogen-bond donors (Lipinski definition) is 1. The Morgan fingerprint density at radius 3 is 2.88 bits per heavy atom. The van der Waals surface area contributed by atoms with Crippen LogP contribution >= 0.6 is 11.8 Å². The molecule has 0 aliphatic rings. The summed E-state index contributed by atoms with van der Waals surface area (Å²) in [6.45, 7) is 0. The van der Waals surface area contributed by atoms with Gasteiger partial charge in [0.25, 0.3) is 0 Å².